The molecule has 1 aromatic heterocycles. The van der Waals surface area contributed by atoms with E-state index < -0.39 is 12.0 Å². The van der Waals surface area contributed by atoms with Gasteiger partial charge in [-0.1, -0.05) is 0 Å². The topological polar surface area (TPSA) is 42.1 Å². The fraction of sp³-hybridized carbons (Fsp3) is 0.286. The van der Waals surface area contributed by atoms with Crippen molar-refractivity contribution in [1.29, 1.82) is 0 Å². The van der Waals surface area contributed by atoms with Crippen molar-refractivity contribution < 1.29 is 13.5 Å². The average molecular weight is 254 g/mol. The number of ether oxygens (including phenoxy) is 1. The number of pyridine rings is 1. The number of H-pyrrole nitrogens is 1. The van der Waals surface area contributed by atoms with E-state index in [0.717, 1.165) is 6.07 Å². The van der Waals surface area contributed by atoms with E-state index in [1.807, 2.05) is 0 Å². The average Bonchev–Trinajstić information content (AvgIpc) is 2.03. The quantitative estimate of drug-likeness (QED) is 0.821. The van der Waals surface area contributed by atoms with Crippen LogP contribution < -0.4 is 10.3 Å². The molecule has 0 aromatic carbocycles. The van der Waals surface area contributed by atoms with Crippen LogP contribution in [-0.4, -0.2) is 12.1 Å². The summed E-state index contributed by atoms with van der Waals surface area (Å²) in [7, 11) is 1.24. The number of halogens is 3. The SMILES string of the molecule is COc1cc(C(F)F)c(Br)[nH]c1=O. The lowest BCUT2D eigenvalue weighted by Crippen LogP contribution is -2.11. The number of aromatic nitrogens is 1. The van der Waals surface area contributed by atoms with Crippen LogP contribution >= 0.6 is 15.9 Å². The Labute approximate surface area is 80.9 Å². The van der Waals surface area contributed by atoms with E-state index >= 15 is 0 Å². The van der Waals surface area contributed by atoms with E-state index in [-0.39, 0.29) is 15.9 Å². The van der Waals surface area contributed by atoms with Gasteiger partial charge in [0.25, 0.3) is 12.0 Å². The zero-order chi connectivity index (χ0) is 10.0. The third-order valence-electron chi connectivity index (χ3n) is 1.44. The third kappa shape index (κ3) is 2.06. The van der Waals surface area contributed by atoms with Crippen molar-refractivity contribution in [3.05, 3.63) is 26.6 Å². The number of alkyl halides is 2. The van der Waals surface area contributed by atoms with Gasteiger partial charge in [0.2, 0.25) is 0 Å². The van der Waals surface area contributed by atoms with Crippen molar-refractivity contribution in [2.24, 2.45) is 0 Å². The van der Waals surface area contributed by atoms with Crippen molar-refractivity contribution in [2.75, 3.05) is 7.11 Å². The highest BCUT2D eigenvalue weighted by molar-refractivity contribution is 9.10. The van der Waals surface area contributed by atoms with Gasteiger partial charge in [-0.3, -0.25) is 4.79 Å². The minimum atomic E-state index is -2.65. The number of hydrogen-bond donors (Lipinski definition) is 1. The summed E-state index contributed by atoms with van der Waals surface area (Å²) < 4.78 is 29.1. The van der Waals surface area contributed by atoms with Crippen LogP contribution in [0.5, 0.6) is 5.75 Å². The van der Waals surface area contributed by atoms with Crippen LogP contribution in [0.4, 0.5) is 8.78 Å². The van der Waals surface area contributed by atoms with Gasteiger partial charge in [-0.25, -0.2) is 8.78 Å². The normalized spacial score (nSPS) is 10.5. The zero-order valence-corrected chi connectivity index (χ0v) is 8.19. The Morgan fingerprint density at radius 2 is 2.23 bits per heavy atom. The van der Waals surface area contributed by atoms with Crippen LogP contribution in [0.1, 0.15) is 12.0 Å². The van der Waals surface area contributed by atoms with E-state index in [4.69, 9.17) is 0 Å². The first-order chi connectivity index (χ1) is 6.06. The van der Waals surface area contributed by atoms with Gasteiger partial charge in [-0.2, -0.15) is 0 Å². The van der Waals surface area contributed by atoms with Gasteiger partial charge >= 0.3 is 0 Å². The standard InChI is InChI=1S/C7H6BrF2NO2/c1-13-4-2-3(6(9)10)5(8)11-7(4)12/h2,6H,1H3,(H,11,12). The van der Waals surface area contributed by atoms with E-state index in [0.29, 0.717) is 0 Å². The number of aromatic amines is 1. The minimum Gasteiger partial charge on any atom is -0.491 e. The Bertz CT molecular complexity index is 364. The Hall–Kier alpha value is -0.910. The molecule has 0 saturated carbocycles. The Balaban J connectivity index is 3.31. The summed E-state index contributed by atoms with van der Waals surface area (Å²) in [5.41, 5.74) is -0.838. The Morgan fingerprint density at radius 3 is 2.69 bits per heavy atom. The molecule has 0 unspecified atom stereocenters. The second-order valence-corrected chi connectivity index (χ2v) is 3.03. The summed E-state index contributed by atoms with van der Waals surface area (Å²) in [6.45, 7) is 0. The first kappa shape index (κ1) is 10.2. The molecule has 72 valence electrons. The predicted molar refractivity (Wildman–Crippen MR) is 46.3 cm³/mol. The molecule has 0 spiro atoms. The van der Waals surface area contributed by atoms with Gasteiger partial charge in [0, 0.05) is 0 Å². The van der Waals surface area contributed by atoms with E-state index in [9.17, 15) is 13.6 Å². The summed E-state index contributed by atoms with van der Waals surface area (Å²) in [6.07, 6.45) is -2.65. The molecule has 0 saturated heterocycles. The lowest BCUT2D eigenvalue weighted by Gasteiger charge is -2.04. The highest BCUT2D eigenvalue weighted by Gasteiger charge is 2.14. The van der Waals surface area contributed by atoms with Crippen LogP contribution in [0.15, 0.2) is 15.5 Å². The van der Waals surface area contributed by atoms with Gasteiger partial charge < -0.3 is 9.72 Å². The molecule has 1 rings (SSSR count). The number of nitrogens with one attached hydrogen (secondary N) is 1. The molecule has 1 aromatic rings. The maximum atomic E-state index is 12.3. The molecule has 0 amide bonds. The predicted octanol–water partition coefficient (Wildman–Crippen LogP) is 2.08. The largest absolute Gasteiger partial charge is 0.491 e. The van der Waals surface area contributed by atoms with Gasteiger partial charge in [-0.05, 0) is 22.0 Å². The summed E-state index contributed by atoms with van der Waals surface area (Å²) in [5, 5.41) is 0. The molecule has 0 aliphatic rings. The van der Waals surface area contributed by atoms with Gasteiger partial charge in [0.1, 0.15) is 0 Å². The molecule has 1 heterocycles. The highest BCUT2D eigenvalue weighted by atomic mass is 79.9. The monoisotopic (exact) mass is 253 g/mol. The lowest BCUT2D eigenvalue weighted by molar-refractivity contribution is 0.149. The molecule has 0 aliphatic carbocycles. The molecule has 6 heteroatoms. The van der Waals surface area contributed by atoms with Gasteiger partial charge in [0.05, 0.1) is 17.3 Å². The van der Waals surface area contributed by atoms with Crippen molar-refractivity contribution in [1.82, 2.24) is 4.98 Å². The summed E-state index contributed by atoms with van der Waals surface area (Å²) in [5.74, 6) is -0.126. The van der Waals surface area contributed by atoms with E-state index in [2.05, 4.69) is 25.7 Å². The summed E-state index contributed by atoms with van der Waals surface area (Å²) in [6, 6.07) is 1.01. The fourth-order valence-corrected chi connectivity index (χ4v) is 1.28. The lowest BCUT2D eigenvalue weighted by atomic mass is 10.3. The van der Waals surface area contributed by atoms with Crippen LogP contribution in [0.25, 0.3) is 0 Å². The second-order valence-electron chi connectivity index (χ2n) is 2.24. The van der Waals surface area contributed by atoms with Crippen molar-refractivity contribution >= 4 is 15.9 Å². The minimum absolute atomic E-state index is 0.0201. The fourth-order valence-electron chi connectivity index (χ4n) is 0.814. The molecular formula is C7H6BrF2NO2. The first-order valence-electron chi connectivity index (χ1n) is 3.31. The van der Waals surface area contributed by atoms with Crippen molar-refractivity contribution in [3.8, 4) is 5.75 Å². The van der Waals surface area contributed by atoms with Crippen LogP contribution in [0.2, 0.25) is 0 Å². The second kappa shape index (κ2) is 3.87. The first-order valence-corrected chi connectivity index (χ1v) is 4.10. The van der Waals surface area contributed by atoms with Crippen LogP contribution in [0, 0.1) is 0 Å². The molecule has 13 heavy (non-hydrogen) atoms. The molecular weight excluding hydrogens is 248 g/mol. The molecule has 0 radical (unpaired) electrons. The third-order valence-corrected chi connectivity index (χ3v) is 2.10. The highest BCUT2D eigenvalue weighted by Crippen LogP contribution is 2.26. The molecule has 0 fully saturated rings. The Kier molecular flexibility index (Phi) is 3.02. The summed E-state index contributed by atoms with van der Waals surface area (Å²) in [4.78, 5) is 13.2. The van der Waals surface area contributed by atoms with Crippen LogP contribution in [0.3, 0.4) is 0 Å². The molecule has 0 bridgehead atoms. The van der Waals surface area contributed by atoms with Crippen LogP contribution in [-0.2, 0) is 0 Å². The molecule has 1 N–H and O–H groups in total. The molecule has 0 atom stereocenters. The van der Waals surface area contributed by atoms with Gasteiger partial charge in [0.15, 0.2) is 5.75 Å². The molecule has 3 nitrogen and oxygen atoms in total. The smallest absolute Gasteiger partial charge is 0.291 e. The zero-order valence-electron chi connectivity index (χ0n) is 6.61. The Morgan fingerprint density at radius 1 is 1.62 bits per heavy atom. The number of methoxy groups -OCH3 is 1. The van der Waals surface area contributed by atoms with E-state index in [1.54, 1.807) is 0 Å². The number of hydrogen-bond acceptors (Lipinski definition) is 2. The van der Waals surface area contributed by atoms with Crippen molar-refractivity contribution in [2.45, 2.75) is 6.43 Å². The number of rotatable bonds is 2. The maximum Gasteiger partial charge on any atom is 0.291 e. The van der Waals surface area contributed by atoms with Gasteiger partial charge in [-0.15, -0.1) is 0 Å². The maximum absolute atomic E-state index is 12.3. The summed E-state index contributed by atoms with van der Waals surface area (Å²) >= 11 is 2.82. The van der Waals surface area contributed by atoms with Crippen molar-refractivity contribution in [3.63, 3.8) is 0 Å². The van der Waals surface area contributed by atoms with E-state index in [1.165, 1.54) is 7.11 Å². The molecule has 0 aliphatic heterocycles.